The van der Waals surface area contributed by atoms with Crippen LogP contribution in [0.2, 0.25) is 0 Å². The zero-order valence-electron chi connectivity index (χ0n) is 43.2. The molecule has 0 aliphatic carbocycles. The maximum Gasteiger partial charge on any atom is 0.305 e. The molecule has 0 rings (SSSR count). The molecule has 380 valence electrons. The minimum atomic E-state index is -0.848. The van der Waals surface area contributed by atoms with Crippen LogP contribution in [0.25, 0.3) is 0 Å². The van der Waals surface area contributed by atoms with E-state index in [1.807, 2.05) is 6.08 Å². The Balaban J connectivity index is 3.44. The standard InChI is InChI=1S/C59H109NO5/c1-3-5-7-9-11-13-15-16-17-26-29-33-37-41-45-49-53-59(64)65-54-50-46-42-38-34-30-27-24-22-20-18-19-21-23-25-28-32-36-40-44-48-52-58(63)60-56(55-61)57(62)51-47-43-39-35-31-14-12-10-8-6-4-2/h13,15,17,19,21,26,47,51,56-57,61-62H,3-12,14,16,18,20,22-25,27-46,48-50,52-55H2,1-2H3,(H,60,63)/b15-13-,21-19-,26-17-,51-47+. The van der Waals surface area contributed by atoms with Gasteiger partial charge in [-0.3, -0.25) is 9.59 Å². The third-order valence-electron chi connectivity index (χ3n) is 12.8. The van der Waals surface area contributed by atoms with Gasteiger partial charge in [0, 0.05) is 12.8 Å². The van der Waals surface area contributed by atoms with E-state index < -0.39 is 12.1 Å². The first kappa shape index (κ1) is 62.8. The Labute approximate surface area is 404 Å². The zero-order valence-corrected chi connectivity index (χ0v) is 43.2. The molecule has 0 aliphatic heterocycles. The number of ether oxygens (including phenoxy) is 1. The maximum atomic E-state index is 12.4. The molecule has 3 N–H and O–H groups in total. The topological polar surface area (TPSA) is 95.9 Å². The minimum absolute atomic E-state index is 0.00663. The number of rotatable bonds is 52. The van der Waals surface area contributed by atoms with Gasteiger partial charge in [-0.25, -0.2) is 0 Å². The molecule has 65 heavy (non-hydrogen) atoms. The normalized spacial score (nSPS) is 13.0. The molecular formula is C59H109NO5. The molecule has 2 unspecified atom stereocenters. The summed E-state index contributed by atoms with van der Waals surface area (Å²) in [7, 11) is 0. The number of carbonyl (C=O) groups is 2. The average Bonchev–Trinajstić information content (AvgIpc) is 3.31. The van der Waals surface area contributed by atoms with Gasteiger partial charge in [0.1, 0.15) is 0 Å². The number of amides is 1. The van der Waals surface area contributed by atoms with E-state index in [-0.39, 0.29) is 18.5 Å². The number of esters is 1. The van der Waals surface area contributed by atoms with E-state index in [0.717, 1.165) is 57.8 Å². The molecule has 0 fully saturated rings. The van der Waals surface area contributed by atoms with E-state index in [1.165, 1.54) is 205 Å². The molecule has 0 aromatic carbocycles. The number of nitrogens with one attached hydrogen (secondary N) is 1. The Morgan fingerprint density at radius 2 is 0.769 bits per heavy atom. The lowest BCUT2D eigenvalue weighted by Gasteiger charge is -2.20. The van der Waals surface area contributed by atoms with Crippen LogP contribution in [-0.2, 0) is 14.3 Å². The van der Waals surface area contributed by atoms with E-state index >= 15 is 0 Å². The Kier molecular flexibility index (Phi) is 52.6. The molecule has 0 saturated heterocycles. The minimum Gasteiger partial charge on any atom is -0.466 e. The van der Waals surface area contributed by atoms with Crippen molar-refractivity contribution in [2.75, 3.05) is 13.2 Å². The second-order valence-electron chi connectivity index (χ2n) is 19.3. The van der Waals surface area contributed by atoms with Crippen molar-refractivity contribution in [3.63, 3.8) is 0 Å². The smallest absolute Gasteiger partial charge is 0.305 e. The first-order valence-corrected chi connectivity index (χ1v) is 28.4. The van der Waals surface area contributed by atoms with E-state index in [2.05, 4.69) is 55.6 Å². The van der Waals surface area contributed by atoms with Gasteiger partial charge in [0.15, 0.2) is 0 Å². The fourth-order valence-corrected chi connectivity index (χ4v) is 8.42. The van der Waals surface area contributed by atoms with Crippen LogP contribution in [-0.4, -0.2) is 47.4 Å². The summed E-state index contributed by atoms with van der Waals surface area (Å²) < 4.78 is 5.47. The van der Waals surface area contributed by atoms with Crippen LogP contribution in [0, 0.1) is 0 Å². The summed E-state index contributed by atoms with van der Waals surface area (Å²) in [6, 6.07) is -0.633. The van der Waals surface area contributed by atoms with Gasteiger partial charge < -0.3 is 20.3 Å². The lowest BCUT2D eigenvalue weighted by Crippen LogP contribution is -2.45. The largest absolute Gasteiger partial charge is 0.466 e. The molecule has 6 heteroatoms. The van der Waals surface area contributed by atoms with Crippen molar-refractivity contribution in [3.05, 3.63) is 48.6 Å². The van der Waals surface area contributed by atoms with Crippen LogP contribution < -0.4 is 5.32 Å². The monoisotopic (exact) mass is 912 g/mol. The maximum absolute atomic E-state index is 12.4. The molecule has 0 aromatic rings. The number of aliphatic hydroxyl groups is 2. The number of unbranched alkanes of at least 4 members (excludes halogenated alkanes) is 35. The van der Waals surface area contributed by atoms with Gasteiger partial charge in [-0.1, -0.05) is 236 Å². The Hall–Kier alpha value is -2.18. The van der Waals surface area contributed by atoms with Gasteiger partial charge >= 0.3 is 5.97 Å². The van der Waals surface area contributed by atoms with Gasteiger partial charge in [0.2, 0.25) is 5.91 Å². The second-order valence-corrected chi connectivity index (χ2v) is 19.3. The zero-order chi connectivity index (χ0) is 47.2. The van der Waals surface area contributed by atoms with Gasteiger partial charge in [-0.2, -0.15) is 0 Å². The van der Waals surface area contributed by atoms with E-state index in [0.29, 0.717) is 19.4 Å². The van der Waals surface area contributed by atoms with Crippen LogP contribution in [0.1, 0.15) is 290 Å². The van der Waals surface area contributed by atoms with Gasteiger partial charge in [-0.05, 0) is 89.9 Å². The molecular weight excluding hydrogens is 803 g/mol. The highest BCUT2D eigenvalue weighted by molar-refractivity contribution is 5.76. The average molecular weight is 913 g/mol. The summed E-state index contributed by atoms with van der Waals surface area (Å²) >= 11 is 0. The van der Waals surface area contributed by atoms with Crippen molar-refractivity contribution in [1.82, 2.24) is 5.32 Å². The van der Waals surface area contributed by atoms with Gasteiger partial charge in [0.25, 0.3) is 0 Å². The Bertz CT molecular complexity index is 1100. The van der Waals surface area contributed by atoms with Crippen molar-refractivity contribution in [2.45, 2.75) is 302 Å². The summed E-state index contributed by atoms with van der Waals surface area (Å²) in [6.07, 6.45) is 68.5. The van der Waals surface area contributed by atoms with E-state index in [9.17, 15) is 19.8 Å². The highest BCUT2D eigenvalue weighted by atomic mass is 16.5. The first-order chi connectivity index (χ1) is 32.0. The molecule has 0 radical (unpaired) electrons. The SMILES string of the molecule is CCCCCC/C=C\C/C=C\CCCCCCCC(=O)OCCCCCCCCCCCC/C=C\CCCCCCCCCC(=O)NC(CO)C(O)/C=C/CCCCCCCCCCC. The molecule has 0 spiro atoms. The molecule has 2 atom stereocenters. The summed E-state index contributed by atoms with van der Waals surface area (Å²) in [5.74, 6) is -0.0847. The highest BCUT2D eigenvalue weighted by Crippen LogP contribution is 2.15. The summed E-state index contributed by atoms with van der Waals surface area (Å²) in [5, 5.41) is 23.0. The molecule has 0 aromatic heterocycles. The predicted octanol–water partition coefficient (Wildman–Crippen LogP) is 17.4. The third kappa shape index (κ3) is 51.1. The lowest BCUT2D eigenvalue weighted by molar-refractivity contribution is -0.143. The van der Waals surface area contributed by atoms with Crippen LogP contribution in [0.3, 0.4) is 0 Å². The van der Waals surface area contributed by atoms with E-state index in [1.54, 1.807) is 6.08 Å². The fraction of sp³-hybridized carbons (Fsp3) is 0.831. The van der Waals surface area contributed by atoms with E-state index in [4.69, 9.17) is 4.74 Å². The van der Waals surface area contributed by atoms with Crippen molar-refractivity contribution < 1.29 is 24.5 Å². The Morgan fingerprint density at radius 3 is 1.20 bits per heavy atom. The summed E-state index contributed by atoms with van der Waals surface area (Å²) in [4.78, 5) is 24.5. The number of aliphatic hydroxyl groups excluding tert-OH is 2. The van der Waals surface area contributed by atoms with Gasteiger partial charge in [-0.15, -0.1) is 0 Å². The Morgan fingerprint density at radius 1 is 0.431 bits per heavy atom. The highest BCUT2D eigenvalue weighted by Gasteiger charge is 2.18. The van der Waals surface area contributed by atoms with Crippen LogP contribution in [0.15, 0.2) is 48.6 Å². The summed E-state index contributed by atoms with van der Waals surface area (Å²) in [5.41, 5.74) is 0. The van der Waals surface area contributed by atoms with Crippen molar-refractivity contribution in [1.29, 1.82) is 0 Å². The van der Waals surface area contributed by atoms with Crippen molar-refractivity contribution >= 4 is 11.9 Å². The molecule has 0 bridgehead atoms. The fourth-order valence-electron chi connectivity index (χ4n) is 8.42. The van der Waals surface area contributed by atoms with Crippen molar-refractivity contribution in [2.24, 2.45) is 0 Å². The summed E-state index contributed by atoms with van der Waals surface area (Å²) in [6.45, 7) is 4.85. The predicted molar refractivity (Wildman–Crippen MR) is 282 cm³/mol. The van der Waals surface area contributed by atoms with Crippen LogP contribution >= 0.6 is 0 Å². The van der Waals surface area contributed by atoms with Crippen LogP contribution in [0.5, 0.6) is 0 Å². The quantitative estimate of drug-likeness (QED) is 0.0321. The number of hydrogen-bond acceptors (Lipinski definition) is 5. The molecule has 0 aliphatic rings. The molecule has 0 heterocycles. The van der Waals surface area contributed by atoms with Crippen LogP contribution in [0.4, 0.5) is 0 Å². The second kappa shape index (κ2) is 54.4. The third-order valence-corrected chi connectivity index (χ3v) is 12.8. The number of allylic oxidation sites excluding steroid dienone is 7. The first-order valence-electron chi connectivity index (χ1n) is 28.4. The molecule has 6 nitrogen and oxygen atoms in total. The molecule has 0 saturated carbocycles. The number of hydrogen-bond donors (Lipinski definition) is 3. The van der Waals surface area contributed by atoms with Crippen molar-refractivity contribution in [3.8, 4) is 0 Å². The number of carbonyl (C=O) groups excluding carboxylic acids is 2. The van der Waals surface area contributed by atoms with Gasteiger partial charge in [0.05, 0.1) is 25.4 Å². The lowest BCUT2D eigenvalue weighted by atomic mass is 10.0. The molecule has 1 amide bonds.